The fourth-order valence-electron chi connectivity index (χ4n) is 2.45. The number of hydrogen-bond donors (Lipinski definition) is 1. The van der Waals surface area contributed by atoms with Crippen LogP contribution in [0.1, 0.15) is 28.1 Å². The molecule has 0 aliphatic carbocycles. The number of rotatable bonds is 6. The van der Waals surface area contributed by atoms with Gasteiger partial charge in [-0.1, -0.05) is 17.7 Å². The first-order valence-corrected chi connectivity index (χ1v) is 10.6. The Balaban J connectivity index is 1.76. The highest BCUT2D eigenvalue weighted by atomic mass is 35.5. The van der Waals surface area contributed by atoms with Crippen LogP contribution in [0.3, 0.4) is 0 Å². The lowest BCUT2D eigenvalue weighted by atomic mass is 10.1. The van der Waals surface area contributed by atoms with Gasteiger partial charge in [0.2, 0.25) is 0 Å². The highest BCUT2D eigenvalue weighted by Crippen LogP contribution is 2.27. The Morgan fingerprint density at radius 1 is 1.27 bits per heavy atom. The number of halogens is 1. The van der Waals surface area contributed by atoms with Crippen LogP contribution in [0.5, 0.6) is 0 Å². The van der Waals surface area contributed by atoms with E-state index in [9.17, 15) is 13.5 Å². The molecule has 9 heteroatoms. The molecule has 0 saturated heterocycles. The zero-order valence-corrected chi connectivity index (χ0v) is 16.2. The lowest BCUT2D eigenvalue weighted by Gasteiger charge is -2.08. The molecule has 0 aliphatic rings. The summed E-state index contributed by atoms with van der Waals surface area (Å²) in [7, 11) is -3.58. The van der Waals surface area contributed by atoms with Gasteiger partial charge >= 0.3 is 0 Å². The maximum atomic E-state index is 12.7. The summed E-state index contributed by atoms with van der Waals surface area (Å²) in [5.74, 6) is -0.239. The number of nitrogens with zero attached hydrogens (tertiary/aromatic N) is 3. The minimum absolute atomic E-state index is 0.196. The molecule has 26 heavy (non-hydrogen) atoms. The molecule has 6 nitrogen and oxygen atoms in total. The second-order valence-electron chi connectivity index (χ2n) is 5.72. The van der Waals surface area contributed by atoms with E-state index in [1.807, 2.05) is 0 Å². The number of aliphatic hydroxyl groups excluding tert-OH is 1. The summed E-state index contributed by atoms with van der Waals surface area (Å²) < 4.78 is 25.3. The lowest BCUT2D eigenvalue weighted by molar-refractivity contribution is 0.172. The second-order valence-corrected chi connectivity index (χ2v) is 9.03. The summed E-state index contributed by atoms with van der Waals surface area (Å²) in [6, 6.07) is 8.30. The molecule has 136 valence electrons. The summed E-state index contributed by atoms with van der Waals surface area (Å²) in [5.41, 5.74) is 1.58. The lowest BCUT2D eigenvalue weighted by Crippen LogP contribution is -2.08. The van der Waals surface area contributed by atoms with Crippen LogP contribution in [0.2, 0.25) is 5.02 Å². The number of hydrogen-bond acceptors (Lipinski definition) is 7. The van der Waals surface area contributed by atoms with Crippen molar-refractivity contribution in [3.05, 3.63) is 68.9 Å². The van der Waals surface area contributed by atoms with Crippen LogP contribution in [0.4, 0.5) is 0 Å². The number of aliphatic hydroxyl groups is 1. The van der Waals surface area contributed by atoms with E-state index in [1.165, 1.54) is 17.4 Å². The molecule has 0 bridgehead atoms. The van der Waals surface area contributed by atoms with Crippen LogP contribution in [0.25, 0.3) is 0 Å². The quantitative estimate of drug-likeness (QED) is 0.672. The van der Waals surface area contributed by atoms with E-state index in [-0.39, 0.29) is 17.1 Å². The first-order valence-electron chi connectivity index (χ1n) is 7.73. The van der Waals surface area contributed by atoms with Crippen molar-refractivity contribution in [3.63, 3.8) is 0 Å². The Labute approximate surface area is 160 Å². The maximum absolute atomic E-state index is 12.7. The van der Waals surface area contributed by atoms with E-state index in [0.717, 1.165) is 0 Å². The molecule has 0 amide bonds. The van der Waals surface area contributed by atoms with Gasteiger partial charge < -0.3 is 5.11 Å². The third kappa shape index (κ3) is 4.27. The van der Waals surface area contributed by atoms with E-state index in [4.69, 9.17) is 11.6 Å². The van der Waals surface area contributed by atoms with Gasteiger partial charge in [-0.15, -0.1) is 11.3 Å². The van der Waals surface area contributed by atoms with Crippen LogP contribution >= 0.6 is 22.9 Å². The predicted octanol–water partition coefficient (Wildman–Crippen LogP) is 3.14. The average molecular weight is 410 g/mol. The molecule has 1 unspecified atom stereocenters. The van der Waals surface area contributed by atoms with Crippen molar-refractivity contribution in [3.8, 4) is 0 Å². The van der Waals surface area contributed by atoms with Gasteiger partial charge in [0.05, 0.1) is 16.3 Å². The van der Waals surface area contributed by atoms with Gasteiger partial charge in [-0.3, -0.25) is 0 Å². The van der Waals surface area contributed by atoms with E-state index in [1.54, 1.807) is 42.8 Å². The van der Waals surface area contributed by atoms with Crippen LogP contribution in [-0.4, -0.2) is 28.7 Å². The zero-order chi connectivity index (χ0) is 18.7. The SMILES string of the molecule is Cc1c(Cl)cccc1S(=O)(=O)Cc1nc(C(O)Cc2cccnn2)cs1. The molecule has 1 atom stereocenters. The Morgan fingerprint density at radius 3 is 2.81 bits per heavy atom. The largest absolute Gasteiger partial charge is 0.386 e. The Hall–Kier alpha value is -1.87. The Bertz CT molecular complexity index is 1010. The normalized spacial score (nSPS) is 12.9. The summed E-state index contributed by atoms with van der Waals surface area (Å²) >= 11 is 7.22. The Kier molecular flexibility index (Phi) is 5.67. The summed E-state index contributed by atoms with van der Waals surface area (Å²) in [6.45, 7) is 1.67. The zero-order valence-electron chi connectivity index (χ0n) is 13.8. The van der Waals surface area contributed by atoms with Crippen molar-refractivity contribution in [2.75, 3.05) is 0 Å². The minimum atomic E-state index is -3.58. The van der Waals surface area contributed by atoms with Crippen molar-refractivity contribution in [1.82, 2.24) is 15.2 Å². The van der Waals surface area contributed by atoms with Gasteiger partial charge in [0.25, 0.3) is 0 Å². The molecule has 1 N–H and O–H groups in total. The standard InChI is InChI=1S/C17H16ClN3O3S2/c1-11-13(18)5-2-6-16(11)26(23,24)10-17-20-14(9-25-17)15(22)8-12-4-3-7-19-21-12/h2-7,9,15,22H,8,10H2,1H3. The third-order valence-corrected chi connectivity index (χ3v) is 7.03. The molecule has 1 aromatic carbocycles. The molecule has 0 saturated carbocycles. The van der Waals surface area contributed by atoms with Gasteiger partial charge in [0, 0.05) is 23.0 Å². The van der Waals surface area contributed by atoms with Crippen molar-refractivity contribution >= 4 is 32.8 Å². The van der Waals surface area contributed by atoms with Crippen molar-refractivity contribution in [2.24, 2.45) is 0 Å². The molecule has 3 aromatic rings. The molecule has 3 rings (SSSR count). The molecule has 0 aliphatic heterocycles. The predicted molar refractivity (Wildman–Crippen MR) is 99.9 cm³/mol. The first kappa shape index (κ1) is 18.9. The molecule has 0 radical (unpaired) electrons. The molecule has 2 heterocycles. The van der Waals surface area contributed by atoms with Crippen molar-refractivity contribution in [1.29, 1.82) is 0 Å². The van der Waals surface area contributed by atoms with Gasteiger partial charge in [-0.05, 0) is 36.8 Å². The number of benzene rings is 1. The monoisotopic (exact) mass is 409 g/mol. The smallest absolute Gasteiger partial charge is 0.185 e. The van der Waals surface area contributed by atoms with Gasteiger partial charge in [0.1, 0.15) is 16.9 Å². The number of thiazole rings is 1. The Morgan fingerprint density at radius 2 is 2.08 bits per heavy atom. The van der Waals surface area contributed by atoms with Crippen molar-refractivity contribution in [2.45, 2.75) is 30.1 Å². The van der Waals surface area contributed by atoms with Crippen molar-refractivity contribution < 1.29 is 13.5 Å². The molecular weight excluding hydrogens is 394 g/mol. The van der Waals surface area contributed by atoms with E-state index in [0.29, 0.717) is 27.0 Å². The van der Waals surface area contributed by atoms with Gasteiger partial charge in [-0.2, -0.15) is 10.2 Å². The molecule has 0 fully saturated rings. The molecule has 0 spiro atoms. The highest BCUT2D eigenvalue weighted by molar-refractivity contribution is 7.90. The minimum Gasteiger partial charge on any atom is -0.386 e. The van der Waals surface area contributed by atoms with E-state index in [2.05, 4.69) is 15.2 Å². The highest BCUT2D eigenvalue weighted by Gasteiger charge is 2.22. The summed E-state index contributed by atoms with van der Waals surface area (Å²) in [6.07, 6.45) is 0.948. The van der Waals surface area contributed by atoms with Gasteiger partial charge in [-0.25, -0.2) is 13.4 Å². The topological polar surface area (TPSA) is 93.0 Å². The van der Waals surface area contributed by atoms with Crippen LogP contribution in [0, 0.1) is 6.92 Å². The number of sulfone groups is 1. The van der Waals surface area contributed by atoms with E-state index < -0.39 is 15.9 Å². The number of aromatic nitrogens is 3. The summed E-state index contributed by atoms with van der Waals surface area (Å²) in [5, 5.41) is 20.5. The summed E-state index contributed by atoms with van der Waals surface area (Å²) in [4.78, 5) is 4.47. The van der Waals surface area contributed by atoms with Crippen LogP contribution < -0.4 is 0 Å². The third-order valence-electron chi connectivity index (χ3n) is 3.81. The van der Waals surface area contributed by atoms with Crippen LogP contribution in [-0.2, 0) is 22.0 Å². The fourth-order valence-corrected chi connectivity index (χ4v) is 5.45. The fraction of sp³-hybridized carbons (Fsp3) is 0.235. The molecule has 2 aromatic heterocycles. The maximum Gasteiger partial charge on any atom is 0.185 e. The average Bonchev–Trinajstić information content (AvgIpc) is 3.06. The van der Waals surface area contributed by atoms with E-state index >= 15 is 0 Å². The van der Waals surface area contributed by atoms with Gasteiger partial charge in [0.15, 0.2) is 9.84 Å². The van der Waals surface area contributed by atoms with Crippen LogP contribution in [0.15, 0.2) is 46.8 Å². The first-order chi connectivity index (χ1) is 12.4. The molecular formula is C17H16ClN3O3S2. The second kappa shape index (κ2) is 7.79.